The van der Waals surface area contributed by atoms with Crippen LogP contribution in [-0.2, 0) is 0 Å². The predicted octanol–water partition coefficient (Wildman–Crippen LogP) is 0.446. The minimum Gasteiger partial charge on any atom is -0.366 e. The SMILES string of the molecule is OC1(O)C[CH]CCC1. The van der Waals surface area contributed by atoms with E-state index < -0.39 is 5.79 Å². The van der Waals surface area contributed by atoms with Gasteiger partial charge >= 0.3 is 0 Å². The van der Waals surface area contributed by atoms with Gasteiger partial charge in [-0.15, -0.1) is 0 Å². The van der Waals surface area contributed by atoms with Crippen LogP contribution in [0.15, 0.2) is 0 Å². The van der Waals surface area contributed by atoms with Gasteiger partial charge in [0.05, 0.1) is 0 Å². The molecule has 8 heavy (non-hydrogen) atoms. The molecule has 0 atom stereocenters. The van der Waals surface area contributed by atoms with Gasteiger partial charge in [-0.2, -0.15) is 0 Å². The Morgan fingerprint density at radius 2 is 2.12 bits per heavy atom. The van der Waals surface area contributed by atoms with Gasteiger partial charge < -0.3 is 10.2 Å². The third-order valence-electron chi connectivity index (χ3n) is 1.46. The molecule has 0 bridgehead atoms. The molecule has 47 valence electrons. The van der Waals surface area contributed by atoms with Crippen molar-refractivity contribution in [2.75, 3.05) is 0 Å². The van der Waals surface area contributed by atoms with Crippen molar-refractivity contribution in [2.45, 2.75) is 31.5 Å². The Labute approximate surface area is 49.1 Å². The van der Waals surface area contributed by atoms with E-state index >= 15 is 0 Å². The first-order valence-corrected chi connectivity index (χ1v) is 2.97. The van der Waals surface area contributed by atoms with Crippen molar-refractivity contribution >= 4 is 0 Å². The van der Waals surface area contributed by atoms with Gasteiger partial charge in [0, 0.05) is 12.8 Å². The molecule has 0 amide bonds. The lowest BCUT2D eigenvalue weighted by molar-refractivity contribution is -0.171. The third-order valence-corrected chi connectivity index (χ3v) is 1.46. The molecular formula is C6H11O2. The van der Waals surface area contributed by atoms with Gasteiger partial charge in [0.15, 0.2) is 5.79 Å². The smallest absolute Gasteiger partial charge is 0.162 e. The van der Waals surface area contributed by atoms with Crippen molar-refractivity contribution in [3.63, 3.8) is 0 Å². The van der Waals surface area contributed by atoms with Crippen LogP contribution in [0.1, 0.15) is 25.7 Å². The fourth-order valence-electron chi connectivity index (χ4n) is 0.965. The first kappa shape index (κ1) is 6.05. The molecule has 0 aromatic rings. The highest BCUT2D eigenvalue weighted by Crippen LogP contribution is 2.23. The summed E-state index contributed by atoms with van der Waals surface area (Å²) in [7, 11) is 0. The molecule has 2 heteroatoms. The molecule has 1 aliphatic rings. The quantitative estimate of drug-likeness (QED) is 0.450. The van der Waals surface area contributed by atoms with Crippen molar-refractivity contribution < 1.29 is 10.2 Å². The minimum absolute atomic E-state index is 0.438. The molecule has 0 aromatic heterocycles. The summed E-state index contributed by atoms with van der Waals surface area (Å²) in [6.07, 6.45) is 4.83. The molecule has 0 saturated heterocycles. The Morgan fingerprint density at radius 3 is 2.38 bits per heavy atom. The monoisotopic (exact) mass is 115 g/mol. The molecule has 2 N–H and O–H groups in total. The highest BCUT2D eigenvalue weighted by molar-refractivity contribution is 4.81. The van der Waals surface area contributed by atoms with E-state index in [-0.39, 0.29) is 0 Å². The number of aliphatic hydroxyl groups is 2. The van der Waals surface area contributed by atoms with Crippen LogP contribution in [0.25, 0.3) is 0 Å². The number of rotatable bonds is 0. The molecule has 0 spiro atoms. The first-order chi connectivity index (χ1) is 3.71. The van der Waals surface area contributed by atoms with E-state index in [2.05, 4.69) is 0 Å². The normalized spacial score (nSPS) is 27.8. The van der Waals surface area contributed by atoms with Crippen LogP contribution in [-0.4, -0.2) is 16.0 Å². The van der Waals surface area contributed by atoms with Gasteiger partial charge in [-0.25, -0.2) is 0 Å². The maximum Gasteiger partial charge on any atom is 0.162 e. The second kappa shape index (κ2) is 2.03. The van der Waals surface area contributed by atoms with Crippen molar-refractivity contribution in [2.24, 2.45) is 0 Å². The van der Waals surface area contributed by atoms with Crippen molar-refractivity contribution in [3.05, 3.63) is 6.42 Å². The molecule has 0 aliphatic heterocycles. The summed E-state index contributed by atoms with van der Waals surface area (Å²) in [5.74, 6) is -1.38. The lowest BCUT2D eigenvalue weighted by atomic mass is 9.95. The van der Waals surface area contributed by atoms with Crippen LogP contribution in [0, 0.1) is 6.42 Å². The fraction of sp³-hybridized carbons (Fsp3) is 0.833. The number of hydrogen-bond acceptors (Lipinski definition) is 2. The zero-order valence-electron chi connectivity index (χ0n) is 4.80. The Hall–Kier alpha value is -0.0800. The van der Waals surface area contributed by atoms with Crippen LogP contribution < -0.4 is 0 Å². The molecule has 1 aliphatic carbocycles. The van der Waals surface area contributed by atoms with Crippen molar-refractivity contribution in [3.8, 4) is 0 Å². The van der Waals surface area contributed by atoms with Crippen LogP contribution in [0.5, 0.6) is 0 Å². The van der Waals surface area contributed by atoms with Crippen LogP contribution in [0.3, 0.4) is 0 Å². The average Bonchev–Trinajstić information content (AvgIpc) is 1.65. The Kier molecular flexibility index (Phi) is 1.54. The Bertz CT molecular complexity index is 70.6. The highest BCUT2D eigenvalue weighted by atomic mass is 16.5. The summed E-state index contributed by atoms with van der Waals surface area (Å²) in [6.45, 7) is 0. The van der Waals surface area contributed by atoms with Gasteiger partial charge in [-0.1, -0.05) is 0 Å². The van der Waals surface area contributed by atoms with Crippen LogP contribution in [0.2, 0.25) is 0 Å². The first-order valence-electron chi connectivity index (χ1n) is 2.97. The van der Waals surface area contributed by atoms with E-state index in [9.17, 15) is 0 Å². The maximum atomic E-state index is 8.90. The van der Waals surface area contributed by atoms with E-state index in [4.69, 9.17) is 10.2 Å². The molecule has 0 aromatic carbocycles. The topological polar surface area (TPSA) is 40.5 Å². The molecule has 2 nitrogen and oxygen atoms in total. The van der Waals surface area contributed by atoms with Gasteiger partial charge in [-0.3, -0.25) is 0 Å². The molecule has 1 saturated carbocycles. The van der Waals surface area contributed by atoms with Crippen molar-refractivity contribution in [1.82, 2.24) is 0 Å². The predicted molar refractivity (Wildman–Crippen MR) is 29.9 cm³/mol. The van der Waals surface area contributed by atoms with Crippen molar-refractivity contribution in [1.29, 1.82) is 0 Å². The van der Waals surface area contributed by atoms with Gasteiger partial charge in [0.25, 0.3) is 0 Å². The second-order valence-electron chi connectivity index (χ2n) is 2.37. The fourth-order valence-corrected chi connectivity index (χ4v) is 0.965. The van der Waals surface area contributed by atoms with Gasteiger partial charge in [0.1, 0.15) is 0 Å². The van der Waals surface area contributed by atoms with E-state index in [1.54, 1.807) is 0 Å². The zero-order valence-corrected chi connectivity index (χ0v) is 4.80. The molecular weight excluding hydrogens is 104 g/mol. The van der Waals surface area contributed by atoms with E-state index in [1.165, 1.54) is 0 Å². The summed E-state index contributed by atoms with van der Waals surface area (Å²) in [5.41, 5.74) is 0. The molecule has 1 fully saturated rings. The Balaban J connectivity index is 2.33. The standard InChI is InChI=1S/C6H11O2/c7-6(8)4-2-1-3-5-6/h2,7-8H,1,3-5H2. The minimum atomic E-state index is -1.38. The average molecular weight is 115 g/mol. The summed E-state index contributed by atoms with van der Waals surface area (Å²) in [6, 6.07) is 0. The maximum absolute atomic E-state index is 8.90. The highest BCUT2D eigenvalue weighted by Gasteiger charge is 2.24. The van der Waals surface area contributed by atoms with E-state index in [0.29, 0.717) is 12.8 Å². The summed E-state index contributed by atoms with van der Waals surface area (Å²) < 4.78 is 0. The molecule has 0 unspecified atom stereocenters. The van der Waals surface area contributed by atoms with E-state index in [1.807, 2.05) is 6.42 Å². The zero-order chi connectivity index (χ0) is 6.04. The summed E-state index contributed by atoms with van der Waals surface area (Å²) in [4.78, 5) is 0. The van der Waals surface area contributed by atoms with Gasteiger partial charge in [0.2, 0.25) is 0 Å². The molecule has 1 rings (SSSR count). The van der Waals surface area contributed by atoms with Gasteiger partial charge in [-0.05, 0) is 19.3 Å². The largest absolute Gasteiger partial charge is 0.366 e. The molecule has 0 heterocycles. The lowest BCUT2D eigenvalue weighted by Gasteiger charge is -2.25. The summed E-state index contributed by atoms with van der Waals surface area (Å²) >= 11 is 0. The van der Waals surface area contributed by atoms with Crippen LogP contribution in [0.4, 0.5) is 0 Å². The second-order valence-corrected chi connectivity index (χ2v) is 2.37. The number of hydrogen-bond donors (Lipinski definition) is 2. The Morgan fingerprint density at radius 1 is 1.38 bits per heavy atom. The van der Waals surface area contributed by atoms with E-state index in [0.717, 1.165) is 12.8 Å². The van der Waals surface area contributed by atoms with Crippen LogP contribution >= 0.6 is 0 Å². The third kappa shape index (κ3) is 1.46. The summed E-state index contributed by atoms with van der Waals surface area (Å²) in [5, 5.41) is 17.8. The lowest BCUT2D eigenvalue weighted by Crippen LogP contribution is -2.30. The molecule has 1 radical (unpaired) electrons.